The van der Waals surface area contributed by atoms with Crippen molar-refractivity contribution in [3.63, 3.8) is 0 Å². The molecule has 3 heteroatoms. The lowest BCUT2D eigenvalue weighted by atomic mass is 9.89. The average molecular weight is 249 g/mol. The number of rotatable bonds is 4. The number of nitrogens with one attached hydrogen (secondary N) is 1. The molecule has 2 N–H and O–H groups in total. The first-order valence-electron chi connectivity index (χ1n) is 6.84. The minimum atomic E-state index is -0.368. The summed E-state index contributed by atoms with van der Waals surface area (Å²) >= 11 is 0. The molecular weight excluding hydrogens is 226 g/mol. The molecule has 0 saturated carbocycles. The van der Waals surface area contributed by atoms with Crippen LogP contribution < -0.4 is 10.1 Å². The number of piperidine rings is 1. The molecule has 1 heterocycles. The molecule has 2 rings (SSSR count). The minimum absolute atomic E-state index is 0.330. The molecule has 1 aromatic rings. The largest absolute Gasteiger partial charge is 0.494 e. The third kappa shape index (κ3) is 3.03. The number of aliphatic hydroxyl groups is 1. The van der Waals surface area contributed by atoms with Gasteiger partial charge in [-0.25, -0.2) is 0 Å². The van der Waals surface area contributed by atoms with Gasteiger partial charge < -0.3 is 15.2 Å². The van der Waals surface area contributed by atoms with Gasteiger partial charge in [-0.2, -0.15) is 0 Å². The van der Waals surface area contributed by atoms with Crippen molar-refractivity contribution in [3.8, 4) is 5.75 Å². The molecule has 0 aromatic heterocycles. The van der Waals surface area contributed by atoms with Gasteiger partial charge in [-0.1, -0.05) is 6.07 Å². The number of ether oxygens (including phenoxy) is 1. The van der Waals surface area contributed by atoms with Crippen LogP contribution in [0.3, 0.4) is 0 Å². The van der Waals surface area contributed by atoms with Gasteiger partial charge in [0.05, 0.1) is 12.7 Å². The highest BCUT2D eigenvalue weighted by Crippen LogP contribution is 2.30. The van der Waals surface area contributed by atoms with Crippen molar-refractivity contribution in [2.45, 2.75) is 32.8 Å². The monoisotopic (exact) mass is 249 g/mol. The van der Waals surface area contributed by atoms with E-state index in [9.17, 15) is 5.11 Å². The molecule has 0 aliphatic carbocycles. The quantitative estimate of drug-likeness (QED) is 0.861. The maximum atomic E-state index is 10.4. The molecule has 1 aliphatic rings. The lowest BCUT2D eigenvalue weighted by Crippen LogP contribution is -2.33. The molecule has 2 unspecified atom stereocenters. The van der Waals surface area contributed by atoms with Gasteiger partial charge in [0.1, 0.15) is 5.75 Å². The highest BCUT2D eigenvalue weighted by atomic mass is 16.5. The zero-order valence-corrected chi connectivity index (χ0v) is 11.3. The van der Waals surface area contributed by atoms with E-state index in [0.717, 1.165) is 42.8 Å². The third-order valence-electron chi connectivity index (χ3n) is 3.62. The van der Waals surface area contributed by atoms with E-state index >= 15 is 0 Å². The van der Waals surface area contributed by atoms with Crippen LogP contribution in [0.2, 0.25) is 0 Å². The molecule has 0 bridgehead atoms. The average Bonchev–Trinajstić information content (AvgIpc) is 2.41. The summed E-state index contributed by atoms with van der Waals surface area (Å²) in [4.78, 5) is 0. The fourth-order valence-corrected chi connectivity index (χ4v) is 2.59. The summed E-state index contributed by atoms with van der Waals surface area (Å²) in [5.41, 5.74) is 2.10. The smallest absolute Gasteiger partial charge is 0.122 e. The van der Waals surface area contributed by atoms with Crippen molar-refractivity contribution in [2.75, 3.05) is 19.7 Å². The predicted octanol–water partition coefficient (Wildman–Crippen LogP) is 2.43. The molecule has 1 saturated heterocycles. The van der Waals surface area contributed by atoms with Crippen LogP contribution in [0.4, 0.5) is 0 Å². The van der Waals surface area contributed by atoms with Gasteiger partial charge in [0.2, 0.25) is 0 Å². The Morgan fingerprint density at radius 2 is 2.33 bits per heavy atom. The lowest BCUT2D eigenvalue weighted by Gasteiger charge is -2.28. The maximum absolute atomic E-state index is 10.4. The van der Waals surface area contributed by atoms with Crippen molar-refractivity contribution in [1.29, 1.82) is 0 Å². The molecule has 18 heavy (non-hydrogen) atoms. The van der Waals surface area contributed by atoms with Crippen molar-refractivity contribution in [1.82, 2.24) is 5.32 Å². The minimum Gasteiger partial charge on any atom is -0.494 e. The van der Waals surface area contributed by atoms with E-state index in [1.165, 1.54) is 0 Å². The molecule has 1 fully saturated rings. The molecule has 0 spiro atoms. The molecule has 3 nitrogen and oxygen atoms in total. The summed E-state index contributed by atoms with van der Waals surface area (Å²) in [6.45, 7) is 6.67. The van der Waals surface area contributed by atoms with E-state index in [1.807, 2.05) is 32.0 Å². The normalized spacial score (nSPS) is 21.6. The summed E-state index contributed by atoms with van der Waals surface area (Å²) in [7, 11) is 0. The standard InChI is InChI=1S/C15H23NO2/c1-3-18-14-7-6-12(9-11(14)2)15(17)13-5-4-8-16-10-13/h6-7,9,13,15-17H,3-5,8,10H2,1-2H3. The van der Waals surface area contributed by atoms with Crippen LogP contribution >= 0.6 is 0 Å². The number of hydrogen-bond donors (Lipinski definition) is 2. The highest BCUT2D eigenvalue weighted by Gasteiger charge is 2.23. The van der Waals surface area contributed by atoms with Gasteiger partial charge in [-0.05, 0) is 56.5 Å². The Hall–Kier alpha value is -1.06. The summed E-state index contributed by atoms with van der Waals surface area (Å²) in [6.07, 6.45) is 1.88. The van der Waals surface area contributed by atoms with Crippen LogP contribution in [0.5, 0.6) is 5.75 Å². The molecule has 0 radical (unpaired) electrons. The Balaban J connectivity index is 2.10. The Labute approximate surface area is 109 Å². The van der Waals surface area contributed by atoms with Gasteiger partial charge in [0, 0.05) is 12.5 Å². The number of aliphatic hydroxyl groups excluding tert-OH is 1. The molecule has 1 aromatic carbocycles. The second kappa shape index (κ2) is 6.21. The molecular formula is C15H23NO2. The van der Waals surface area contributed by atoms with Crippen LogP contribution in [0.25, 0.3) is 0 Å². The van der Waals surface area contributed by atoms with E-state index in [-0.39, 0.29) is 6.10 Å². The van der Waals surface area contributed by atoms with Crippen molar-refractivity contribution in [2.24, 2.45) is 5.92 Å². The van der Waals surface area contributed by atoms with E-state index < -0.39 is 0 Å². The molecule has 1 aliphatic heterocycles. The summed E-state index contributed by atoms with van der Waals surface area (Å²) in [5.74, 6) is 1.24. The Morgan fingerprint density at radius 3 is 2.94 bits per heavy atom. The van der Waals surface area contributed by atoms with Crippen molar-refractivity contribution >= 4 is 0 Å². The number of benzene rings is 1. The number of aryl methyl sites for hydroxylation is 1. The SMILES string of the molecule is CCOc1ccc(C(O)C2CCCNC2)cc1C. The Bertz CT molecular complexity index is 386. The zero-order chi connectivity index (χ0) is 13.0. The first-order chi connectivity index (χ1) is 8.72. The molecule has 2 atom stereocenters. The Kier molecular flexibility index (Phi) is 4.61. The van der Waals surface area contributed by atoms with Crippen molar-refractivity contribution in [3.05, 3.63) is 29.3 Å². The van der Waals surface area contributed by atoms with E-state index in [4.69, 9.17) is 4.74 Å². The second-order valence-corrected chi connectivity index (χ2v) is 5.01. The fraction of sp³-hybridized carbons (Fsp3) is 0.600. The van der Waals surface area contributed by atoms with Crippen LogP contribution in [0.1, 0.15) is 37.0 Å². The van der Waals surface area contributed by atoms with Crippen molar-refractivity contribution < 1.29 is 9.84 Å². The van der Waals surface area contributed by atoms with Crippen LogP contribution in [-0.2, 0) is 0 Å². The van der Waals surface area contributed by atoms with Gasteiger partial charge >= 0.3 is 0 Å². The van der Waals surface area contributed by atoms with Crippen LogP contribution in [-0.4, -0.2) is 24.8 Å². The zero-order valence-electron chi connectivity index (χ0n) is 11.3. The second-order valence-electron chi connectivity index (χ2n) is 5.01. The fourth-order valence-electron chi connectivity index (χ4n) is 2.59. The van der Waals surface area contributed by atoms with Crippen LogP contribution in [0, 0.1) is 12.8 Å². The van der Waals surface area contributed by atoms with Gasteiger partial charge in [0.15, 0.2) is 0 Å². The van der Waals surface area contributed by atoms with Crippen LogP contribution in [0.15, 0.2) is 18.2 Å². The topological polar surface area (TPSA) is 41.5 Å². The first kappa shape index (κ1) is 13.4. The highest BCUT2D eigenvalue weighted by molar-refractivity contribution is 5.37. The summed E-state index contributed by atoms with van der Waals surface area (Å²) in [6, 6.07) is 6.00. The first-order valence-corrected chi connectivity index (χ1v) is 6.84. The lowest BCUT2D eigenvalue weighted by molar-refractivity contribution is 0.0920. The summed E-state index contributed by atoms with van der Waals surface area (Å²) < 4.78 is 5.52. The van der Waals surface area contributed by atoms with E-state index in [0.29, 0.717) is 12.5 Å². The summed E-state index contributed by atoms with van der Waals surface area (Å²) in [5, 5.41) is 13.8. The van der Waals surface area contributed by atoms with Gasteiger partial charge in [-0.15, -0.1) is 0 Å². The van der Waals surface area contributed by atoms with E-state index in [1.54, 1.807) is 0 Å². The van der Waals surface area contributed by atoms with Gasteiger partial charge in [0.25, 0.3) is 0 Å². The van der Waals surface area contributed by atoms with E-state index in [2.05, 4.69) is 5.32 Å². The third-order valence-corrected chi connectivity index (χ3v) is 3.62. The number of hydrogen-bond acceptors (Lipinski definition) is 3. The Morgan fingerprint density at radius 1 is 1.50 bits per heavy atom. The maximum Gasteiger partial charge on any atom is 0.122 e. The predicted molar refractivity (Wildman–Crippen MR) is 72.9 cm³/mol. The molecule has 100 valence electrons. The molecule has 0 amide bonds. The van der Waals surface area contributed by atoms with Gasteiger partial charge in [-0.3, -0.25) is 0 Å².